The zero-order valence-corrected chi connectivity index (χ0v) is 13.7. The van der Waals surface area contributed by atoms with Crippen molar-refractivity contribution in [1.82, 2.24) is 25.0 Å². The van der Waals surface area contributed by atoms with E-state index in [4.69, 9.17) is 0 Å². The molecule has 2 aliphatic heterocycles. The lowest BCUT2D eigenvalue weighted by Gasteiger charge is -2.43. The number of H-pyrrole nitrogens is 1. The summed E-state index contributed by atoms with van der Waals surface area (Å²) in [6, 6.07) is 0.246. The largest absolute Gasteiger partial charge is 0.296 e. The van der Waals surface area contributed by atoms with E-state index in [1.165, 1.54) is 12.8 Å². The third-order valence-corrected chi connectivity index (χ3v) is 6.78. The van der Waals surface area contributed by atoms with Gasteiger partial charge in [-0.15, -0.1) is 0 Å². The Bertz CT molecular complexity index is 654. The number of hydrogen-bond acceptors (Lipinski definition) is 6. The molecule has 3 heterocycles. The van der Waals surface area contributed by atoms with E-state index in [9.17, 15) is 8.42 Å². The lowest BCUT2D eigenvalue weighted by molar-refractivity contribution is 0.0362. The van der Waals surface area contributed by atoms with Crippen molar-refractivity contribution in [3.05, 3.63) is 11.6 Å². The van der Waals surface area contributed by atoms with Crippen molar-refractivity contribution in [3.63, 3.8) is 0 Å². The van der Waals surface area contributed by atoms with Crippen molar-refractivity contribution in [1.29, 1.82) is 0 Å². The van der Waals surface area contributed by atoms with Crippen molar-refractivity contribution < 1.29 is 8.42 Å². The van der Waals surface area contributed by atoms with E-state index in [-0.39, 0.29) is 17.8 Å². The maximum Gasteiger partial charge on any atom is 0.164 e. The van der Waals surface area contributed by atoms with Gasteiger partial charge in [0.1, 0.15) is 5.82 Å². The Morgan fingerprint density at radius 1 is 1.18 bits per heavy atom. The van der Waals surface area contributed by atoms with Crippen LogP contribution in [-0.4, -0.2) is 76.6 Å². The first-order valence-corrected chi connectivity index (χ1v) is 9.89. The van der Waals surface area contributed by atoms with Crippen molar-refractivity contribution in [2.45, 2.75) is 38.4 Å². The summed E-state index contributed by atoms with van der Waals surface area (Å²) in [6.45, 7) is 5.45. The molecule has 1 aliphatic carbocycles. The van der Waals surface area contributed by atoms with Crippen LogP contribution in [0.1, 0.15) is 24.5 Å². The highest BCUT2D eigenvalue weighted by molar-refractivity contribution is 7.91. The van der Waals surface area contributed by atoms with Crippen LogP contribution in [0.4, 0.5) is 0 Å². The van der Waals surface area contributed by atoms with Crippen LogP contribution in [0.15, 0.2) is 0 Å². The minimum Gasteiger partial charge on any atom is -0.296 e. The number of nitrogens with zero attached hydrogens (tertiary/aromatic N) is 4. The molecule has 1 N–H and O–H groups in total. The summed E-state index contributed by atoms with van der Waals surface area (Å²) < 4.78 is 24.3. The molecule has 4 rings (SSSR count). The second-order valence-electron chi connectivity index (χ2n) is 6.96. The fourth-order valence-corrected chi connectivity index (χ4v) is 5.84. The first kappa shape index (κ1) is 14.6. The first-order chi connectivity index (χ1) is 10.5. The normalized spacial score (nSPS) is 32.2. The van der Waals surface area contributed by atoms with Gasteiger partial charge in [0, 0.05) is 31.7 Å². The van der Waals surface area contributed by atoms with Gasteiger partial charge in [-0.1, -0.05) is 0 Å². The molecular weight excluding hydrogens is 302 g/mol. The Hall–Kier alpha value is -0.990. The summed E-state index contributed by atoms with van der Waals surface area (Å²) in [6.07, 6.45) is 2.61. The topological polar surface area (TPSA) is 82.2 Å². The van der Waals surface area contributed by atoms with Crippen LogP contribution in [0.5, 0.6) is 0 Å². The molecule has 2 atom stereocenters. The standard InChI is InChI=1S/C14H23N5O2S/c1-10-15-14(17-16-10)7-19-5-4-18(6-11-2-3-11)12-8-22(20,21)9-13(12)19/h11-13H,2-9H2,1H3,(H,15,16,17)/t12-,13+/m1/s1. The van der Waals surface area contributed by atoms with Crippen LogP contribution >= 0.6 is 0 Å². The highest BCUT2D eigenvalue weighted by Gasteiger charge is 2.47. The molecule has 7 nitrogen and oxygen atoms in total. The monoisotopic (exact) mass is 325 g/mol. The highest BCUT2D eigenvalue weighted by atomic mass is 32.2. The Morgan fingerprint density at radius 3 is 2.50 bits per heavy atom. The van der Waals surface area contributed by atoms with Crippen molar-refractivity contribution in [3.8, 4) is 0 Å². The van der Waals surface area contributed by atoms with Crippen LogP contribution in [0.3, 0.4) is 0 Å². The average Bonchev–Trinajstić information content (AvgIpc) is 3.07. The molecule has 0 aromatic carbocycles. The van der Waals surface area contributed by atoms with Gasteiger partial charge < -0.3 is 0 Å². The van der Waals surface area contributed by atoms with E-state index in [0.29, 0.717) is 12.3 Å². The number of hydrogen-bond donors (Lipinski definition) is 1. The van der Waals surface area contributed by atoms with E-state index in [1.807, 2.05) is 6.92 Å². The molecule has 1 aromatic heterocycles. The van der Waals surface area contributed by atoms with E-state index in [2.05, 4.69) is 25.0 Å². The molecule has 1 saturated carbocycles. The molecule has 8 heteroatoms. The Kier molecular flexibility index (Phi) is 3.50. The lowest BCUT2D eigenvalue weighted by atomic mass is 10.0. The number of piperazine rings is 1. The van der Waals surface area contributed by atoms with Crippen LogP contribution < -0.4 is 0 Å². The third-order valence-electron chi connectivity index (χ3n) is 5.08. The fourth-order valence-electron chi connectivity index (χ4n) is 3.79. The lowest BCUT2D eigenvalue weighted by Crippen LogP contribution is -2.59. The zero-order chi connectivity index (χ0) is 15.3. The number of aryl methyl sites for hydroxylation is 1. The van der Waals surface area contributed by atoms with Gasteiger partial charge in [0.15, 0.2) is 15.7 Å². The first-order valence-electron chi connectivity index (χ1n) is 8.06. The molecule has 1 aromatic rings. The molecule has 3 aliphatic rings. The average molecular weight is 325 g/mol. The summed E-state index contributed by atoms with van der Waals surface area (Å²) in [5.41, 5.74) is 0. The summed E-state index contributed by atoms with van der Waals surface area (Å²) in [5, 5.41) is 7.06. The number of nitrogens with one attached hydrogen (secondary N) is 1. The van der Waals surface area contributed by atoms with Gasteiger partial charge in [-0.2, -0.15) is 5.10 Å². The minimum absolute atomic E-state index is 0.0938. The quantitative estimate of drug-likeness (QED) is 0.826. The predicted octanol–water partition coefficient (Wildman–Crippen LogP) is -0.194. The van der Waals surface area contributed by atoms with Gasteiger partial charge in [-0.25, -0.2) is 13.4 Å². The number of aromatic nitrogens is 3. The van der Waals surface area contributed by atoms with Crippen molar-refractivity contribution in [2.75, 3.05) is 31.1 Å². The van der Waals surface area contributed by atoms with Gasteiger partial charge >= 0.3 is 0 Å². The number of fused-ring (bicyclic) bond motifs is 1. The van der Waals surface area contributed by atoms with Crippen LogP contribution in [0.25, 0.3) is 0 Å². The summed E-state index contributed by atoms with van der Waals surface area (Å²) >= 11 is 0. The molecule has 2 saturated heterocycles. The van der Waals surface area contributed by atoms with E-state index >= 15 is 0 Å². The minimum atomic E-state index is -2.93. The molecule has 3 fully saturated rings. The zero-order valence-electron chi connectivity index (χ0n) is 12.9. The van der Waals surface area contributed by atoms with E-state index < -0.39 is 9.84 Å². The second kappa shape index (κ2) is 5.28. The van der Waals surface area contributed by atoms with Crippen LogP contribution in [-0.2, 0) is 16.4 Å². The third kappa shape index (κ3) is 2.91. The SMILES string of the molecule is Cc1nc(CN2CCN(CC3CC3)[C@@H]3CS(=O)(=O)C[C@@H]32)n[nH]1. The molecule has 22 heavy (non-hydrogen) atoms. The number of rotatable bonds is 4. The van der Waals surface area contributed by atoms with Gasteiger partial charge in [0.05, 0.1) is 18.1 Å². The Balaban J connectivity index is 1.51. The number of sulfone groups is 1. The van der Waals surface area contributed by atoms with Gasteiger partial charge in [0.2, 0.25) is 0 Å². The summed E-state index contributed by atoms with van der Waals surface area (Å²) in [5.74, 6) is 2.95. The van der Waals surface area contributed by atoms with Crippen molar-refractivity contribution in [2.24, 2.45) is 5.92 Å². The maximum absolute atomic E-state index is 12.2. The molecule has 0 spiro atoms. The van der Waals surface area contributed by atoms with E-state index in [1.54, 1.807) is 0 Å². The summed E-state index contributed by atoms with van der Waals surface area (Å²) in [7, 11) is -2.93. The molecular formula is C14H23N5O2S. The Labute approximate surface area is 131 Å². The van der Waals surface area contributed by atoms with Gasteiger partial charge in [0.25, 0.3) is 0 Å². The molecule has 0 bridgehead atoms. The predicted molar refractivity (Wildman–Crippen MR) is 82.1 cm³/mol. The van der Waals surface area contributed by atoms with Crippen LogP contribution in [0, 0.1) is 12.8 Å². The maximum atomic E-state index is 12.2. The van der Waals surface area contributed by atoms with Crippen LogP contribution in [0.2, 0.25) is 0 Å². The van der Waals surface area contributed by atoms with Crippen molar-refractivity contribution >= 4 is 9.84 Å². The smallest absolute Gasteiger partial charge is 0.164 e. The molecule has 122 valence electrons. The highest BCUT2D eigenvalue weighted by Crippen LogP contribution is 2.34. The van der Waals surface area contributed by atoms with Gasteiger partial charge in [-0.05, 0) is 25.7 Å². The fraction of sp³-hybridized carbons (Fsp3) is 0.857. The van der Waals surface area contributed by atoms with E-state index in [0.717, 1.165) is 37.2 Å². The second-order valence-corrected chi connectivity index (χ2v) is 9.11. The molecule has 0 unspecified atom stereocenters. The summed E-state index contributed by atoms with van der Waals surface area (Å²) in [4.78, 5) is 9.05. The number of aromatic amines is 1. The van der Waals surface area contributed by atoms with Gasteiger partial charge in [-0.3, -0.25) is 14.9 Å². The Morgan fingerprint density at radius 2 is 1.86 bits per heavy atom. The molecule has 0 radical (unpaired) electrons. The molecule has 0 amide bonds.